The van der Waals surface area contributed by atoms with Crippen molar-refractivity contribution in [1.82, 2.24) is 4.57 Å². The van der Waals surface area contributed by atoms with Gasteiger partial charge in [0.15, 0.2) is 0 Å². The average molecular weight is 323 g/mol. The highest BCUT2D eigenvalue weighted by Gasteiger charge is 2.29. The molecule has 0 saturated heterocycles. The monoisotopic (exact) mass is 323 g/mol. The fourth-order valence-corrected chi connectivity index (χ4v) is 3.78. The van der Waals surface area contributed by atoms with E-state index in [1.54, 1.807) is 6.07 Å². The van der Waals surface area contributed by atoms with Gasteiger partial charge in [0.05, 0.1) is 5.92 Å². The van der Waals surface area contributed by atoms with E-state index in [0.29, 0.717) is 12.8 Å². The molecule has 3 nitrogen and oxygen atoms in total. The number of carboxylic acids is 1. The summed E-state index contributed by atoms with van der Waals surface area (Å²) in [4.78, 5) is 11.4. The molecule has 0 aliphatic heterocycles. The molecule has 0 fully saturated rings. The van der Waals surface area contributed by atoms with E-state index >= 15 is 0 Å². The zero-order valence-electron chi connectivity index (χ0n) is 13.2. The van der Waals surface area contributed by atoms with Gasteiger partial charge in [0.1, 0.15) is 5.82 Å². The Morgan fingerprint density at radius 1 is 1.21 bits per heavy atom. The van der Waals surface area contributed by atoms with E-state index in [1.807, 2.05) is 24.3 Å². The van der Waals surface area contributed by atoms with Gasteiger partial charge in [-0.1, -0.05) is 30.3 Å². The van der Waals surface area contributed by atoms with Gasteiger partial charge in [-0.2, -0.15) is 0 Å². The summed E-state index contributed by atoms with van der Waals surface area (Å²) in [5, 5.41) is 10.2. The van der Waals surface area contributed by atoms with Crippen LogP contribution in [0.5, 0.6) is 0 Å². The highest BCUT2D eigenvalue weighted by Crippen LogP contribution is 2.35. The summed E-state index contributed by atoms with van der Waals surface area (Å²) in [5.41, 5.74) is 4.31. The second kappa shape index (κ2) is 5.78. The molecule has 1 aliphatic rings. The summed E-state index contributed by atoms with van der Waals surface area (Å²) < 4.78 is 16.0. The van der Waals surface area contributed by atoms with Crippen molar-refractivity contribution in [2.75, 3.05) is 0 Å². The maximum Gasteiger partial charge on any atom is 0.306 e. The van der Waals surface area contributed by atoms with Gasteiger partial charge in [-0.05, 0) is 48.6 Å². The van der Waals surface area contributed by atoms with Crippen molar-refractivity contribution >= 4 is 16.9 Å². The topological polar surface area (TPSA) is 42.2 Å². The van der Waals surface area contributed by atoms with Gasteiger partial charge in [-0.25, -0.2) is 4.39 Å². The summed E-state index contributed by atoms with van der Waals surface area (Å²) in [6.07, 6.45) is 1.83. The quantitative estimate of drug-likeness (QED) is 0.791. The predicted octanol–water partition coefficient (Wildman–Crippen LogP) is 4.02. The Morgan fingerprint density at radius 3 is 2.75 bits per heavy atom. The Kier molecular flexibility index (Phi) is 3.60. The molecule has 0 bridgehead atoms. The molecule has 1 aliphatic carbocycles. The predicted molar refractivity (Wildman–Crippen MR) is 90.6 cm³/mol. The Labute approximate surface area is 139 Å². The van der Waals surface area contributed by atoms with Crippen LogP contribution in [0.15, 0.2) is 48.5 Å². The molecule has 0 amide bonds. The zero-order valence-corrected chi connectivity index (χ0v) is 13.2. The van der Waals surface area contributed by atoms with Crippen LogP contribution in [-0.2, 0) is 24.2 Å². The van der Waals surface area contributed by atoms with Gasteiger partial charge in [0.25, 0.3) is 0 Å². The largest absolute Gasteiger partial charge is 0.481 e. The molecular weight excluding hydrogens is 305 g/mol. The molecule has 0 saturated carbocycles. The van der Waals surface area contributed by atoms with Crippen LogP contribution in [-0.4, -0.2) is 15.6 Å². The molecule has 1 aromatic heterocycles. The van der Waals surface area contributed by atoms with Gasteiger partial charge in [-0.15, -0.1) is 0 Å². The molecule has 1 unspecified atom stereocenters. The molecule has 0 spiro atoms. The molecule has 3 aromatic rings. The Morgan fingerprint density at radius 2 is 2.00 bits per heavy atom. The number of benzene rings is 2. The Balaban J connectivity index is 1.86. The molecule has 1 N–H and O–H groups in total. The SMILES string of the molecule is O=C(O)C1CCc2c(c3cc(F)ccc3n2Cc2ccccc2)C1. The molecule has 4 heteroatoms. The van der Waals surface area contributed by atoms with Crippen molar-refractivity contribution < 1.29 is 14.3 Å². The molecule has 24 heavy (non-hydrogen) atoms. The van der Waals surface area contributed by atoms with E-state index in [0.717, 1.165) is 35.1 Å². The molecule has 1 atom stereocenters. The minimum absolute atomic E-state index is 0.278. The van der Waals surface area contributed by atoms with Crippen LogP contribution in [0.25, 0.3) is 10.9 Å². The van der Waals surface area contributed by atoms with Crippen LogP contribution in [0.3, 0.4) is 0 Å². The van der Waals surface area contributed by atoms with Crippen LogP contribution >= 0.6 is 0 Å². The van der Waals surface area contributed by atoms with Crippen molar-refractivity contribution in [3.8, 4) is 0 Å². The molecular formula is C20H18FNO2. The van der Waals surface area contributed by atoms with Crippen molar-refractivity contribution in [2.45, 2.75) is 25.8 Å². The minimum Gasteiger partial charge on any atom is -0.481 e. The number of nitrogens with zero attached hydrogens (tertiary/aromatic N) is 1. The smallest absolute Gasteiger partial charge is 0.306 e. The van der Waals surface area contributed by atoms with Gasteiger partial charge in [-0.3, -0.25) is 4.79 Å². The number of carboxylic acid groups (broad SMARTS) is 1. The summed E-state index contributed by atoms with van der Waals surface area (Å²) in [5.74, 6) is -1.42. The summed E-state index contributed by atoms with van der Waals surface area (Å²) in [7, 11) is 0. The first kappa shape index (κ1) is 14.9. The highest BCUT2D eigenvalue weighted by atomic mass is 19.1. The lowest BCUT2D eigenvalue weighted by Gasteiger charge is -2.21. The average Bonchev–Trinajstić information content (AvgIpc) is 2.88. The maximum absolute atomic E-state index is 13.8. The lowest BCUT2D eigenvalue weighted by molar-refractivity contribution is -0.142. The standard InChI is InChI=1S/C20H18FNO2/c21-15-7-9-19-17(11-15)16-10-14(20(23)24)6-8-18(16)22(19)12-13-4-2-1-3-5-13/h1-5,7,9,11,14H,6,8,10,12H2,(H,23,24). The van der Waals surface area contributed by atoms with Crippen molar-refractivity contribution in [3.05, 3.63) is 71.2 Å². The number of halogens is 1. The Bertz CT molecular complexity index is 914. The van der Waals surface area contributed by atoms with Crippen LogP contribution in [0.2, 0.25) is 0 Å². The van der Waals surface area contributed by atoms with Crippen LogP contribution in [0.4, 0.5) is 4.39 Å². The third kappa shape index (κ3) is 2.48. The maximum atomic E-state index is 13.8. The summed E-state index contributed by atoms with van der Waals surface area (Å²) >= 11 is 0. The zero-order chi connectivity index (χ0) is 16.7. The Hall–Kier alpha value is -2.62. The normalized spacial score (nSPS) is 17.0. The highest BCUT2D eigenvalue weighted by molar-refractivity contribution is 5.87. The number of hydrogen-bond acceptors (Lipinski definition) is 1. The van der Waals surface area contributed by atoms with Crippen LogP contribution < -0.4 is 0 Å². The van der Waals surface area contributed by atoms with Gasteiger partial charge >= 0.3 is 5.97 Å². The molecule has 1 heterocycles. The number of rotatable bonds is 3. The van der Waals surface area contributed by atoms with Gasteiger partial charge in [0, 0.05) is 23.1 Å². The third-order valence-electron chi connectivity index (χ3n) is 4.96. The van der Waals surface area contributed by atoms with Crippen molar-refractivity contribution in [3.63, 3.8) is 0 Å². The van der Waals surface area contributed by atoms with Crippen LogP contribution in [0, 0.1) is 11.7 Å². The van der Waals surface area contributed by atoms with E-state index in [9.17, 15) is 14.3 Å². The lowest BCUT2D eigenvalue weighted by atomic mass is 9.86. The molecule has 2 aromatic carbocycles. The van der Waals surface area contributed by atoms with E-state index in [4.69, 9.17) is 0 Å². The first-order valence-electron chi connectivity index (χ1n) is 8.19. The van der Waals surface area contributed by atoms with Gasteiger partial charge < -0.3 is 9.67 Å². The second-order valence-electron chi connectivity index (χ2n) is 6.44. The molecule has 0 radical (unpaired) electrons. The first-order valence-corrected chi connectivity index (χ1v) is 8.19. The first-order chi connectivity index (χ1) is 11.6. The number of fused-ring (bicyclic) bond motifs is 3. The van der Waals surface area contributed by atoms with E-state index in [2.05, 4.69) is 16.7 Å². The molecule has 122 valence electrons. The van der Waals surface area contributed by atoms with Crippen molar-refractivity contribution in [1.29, 1.82) is 0 Å². The number of hydrogen-bond donors (Lipinski definition) is 1. The second-order valence-corrected chi connectivity index (χ2v) is 6.44. The lowest BCUT2D eigenvalue weighted by Crippen LogP contribution is -2.23. The number of aromatic nitrogens is 1. The number of carbonyl (C=O) groups is 1. The third-order valence-corrected chi connectivity index (χ3v) is 4.96. The summed E-state index contributed by atoms with van der Waals surface area (Å²) in [6.45, 7) is 0.718. The minimum atomic E-state index is -0.763. The molecule has 4 rings (SSSR count). The van der Waals surface area contributed by atoms with Gasteiger partial charge in [0.2, 0.25) is 0 Å². The fourth-order valence-electron chi connectivity index (χ4n) is 3.78. The van der Waals surface area contributed by atoms with E-state index in [1.165, 1.54) is 11.6 Å². The summed E-state index contributed by atoms with van der Waals surface area (Å²) in [6, 6.07) is 15.0. The van der Waals surface area contributed by atoms with E-state index in [-0.39, 0.29) is 11.7 Å². The van der Waals surface area contributed by atoms with E-state index < -0.39 is 5.97 Å². The number of aliphatic carboxylic acids is 1. The fraction of sp³-hybridized carbons (Fsp3) is 0.250. The van der Waals surface area contributed by atoms with Crippen molar-refractivity contribution in [2.24, 2.45) is 5.92 Å². The van der Waals surface area contributed by atoms with Crippen LogP contribution in [0.1, 0.15) is 23.2 Å².